The van der Waals surface area contributed by atoms with E-state index >= 15 is 0 Å². The molecule has 0 fully saturated rings. The zero-order valence-electron chi connectivity index (χ0n) is 16.4. The Kier molecular flexibility index (Phi) is 7.73. The van der Waals surface area contributed by atoms with Crippen molar-refractivity contribution in [1.82, 2.24) is 4.98 Å². The van der Waals surface area contributed by atoms with Crippen LogP contribution in [0.5, 0.6) is 5.75 Å². The van der Waals surface area contributed by atoms with Crippen LogP contribution in [0.1, 0.15) is 11.3 Å². The molecule has 0 unspecified atom stereocenters. The third-order valence-electron chi connectivity index (χ3n) is 3.97. The van der Waals surface area contributed by atoms with Crippen LogP contribution in [0.3, 0.4) is 0 Å². The van der Waals surface area contributed by atoms with E-state index in [4.69, 9.17) is 16.3 Å². The van der Waals surface area contributed by atoms with Crippen molar-refractivity contribution in [3.8, 4) is 5.75 Å². The maximum absolute atomic E-state index is 12.3. The number of ether oxygens (including phenoxy) is 1. The van der Waals surface area contributed by atoms with Gasteiger partial charge in [0.15, 0.2) is 4.34 Å². The Morgan fingerprint density at radius 2 is 1.90 bits per heavy atom. The number of rotatable bonds is 8. The van der Waals surface area contributed by atoms with Crippen LogP contribution in [0.2, 0.25) is 5.02 Å². The summed E-state index contributed by atoms with van der Waals surface area (Å²) < 4.78 is 5.96. The van der Waals surface area contributed by atoms with E-state index in [1.165, 1.54) is 30.2 Å². The van der Waals surface area contributed by atoms with Crippen LogP contribution in [0.4, 0.5) is 11.4 Å². The Bertz CT molecular complexity index is 1040. The van der Waals surface area contributed by atoms with Gasteiger partial charge in [-0.1, -0.05) is 41.1 Å². The molecular formula is C21H20ClN3O3S2. The zero-order chi connectivity index (χ0) is 21.5. The maximum Gasteiger partial charge on any atom is 0.234 e. The molecule has 2 N–H and O–H groups in total. The molecule has 1 aromatic heterocycles. The highest BCUT2D eigenvalue weighted by Gasteiger charge is 2.12. The van der Waals surface area contributed by atoms with Gasteiger partial charge in [0.2, 0.25) is 11.8 Å². The number of benzene rings is 2. The molecule has 2 aromatic carbocycles. The lowest BCUT2D eigenvalue weighted by molar-refractivity contribution is -0.116. The smallest absolute Gasteiger partial charge is 0.234 e. The fourth-order valence-corrected chi connectivity index (χ4v) is 4.35. The summed E-state index contributed by atoms with van der Waals surface area (Å²) in [7, 11) is 1.53. The lowest BCUT2D eigenvalue weighted by Crippen LogP contribution is -2.15. The number of thioether (sulfide) groups is 1. The number of hydrogen-bond donors (Lipinski definition) is 2. The second-order valence-corrected chi connectivity index (χ2v) is 8.89. The Morgan fingerprint density at radius 1 is 1.13 bits per heavy atom. The van der Waals surface area contributed by atoms with Crippen molar-refractivity contribution in [3.63, 3.8) is 0 Å². The van der Waals surface area contributed by atoms with Crippen LogP contribution in [0.25, 0.3) is 0 Å². The van der Waals surface area contributed by atoms with E-state index in [0.29, 0.717) is 22.2 Å². The van der Waals surface area contributed by atoms with Gasteiger partial charge in [0, 0.05) is 16.1 Å². The van der Waals surface area contributed by atoms with Crippen molar-refractivity contribution in [1.29, 1.82) is 0 Å². The third-order valence-corrected chi connectivity index (χ3v) is 6.27. The van der Waals surface area contributed by atoms with Crippen molar-refractivity contribution in [2.24, 2.45) is 0 Å². The van der Waals surface area contributed by atoms with E-state index in [1.54, 1.807) is 18.2 Å². The molecule has 0 saturated heterocycles. The van der Waals surface area contributed by atoms with Crippen LogP contribution in [0, 0.1) is 6.92 Å². The minimum absolute atomic E-state index is 0.105. The lowest BCUT2D eigenvalue weighted by atomic mass is 10.2. The normalized spacial score (nSPS) is 10.5. The van der Waals surface area contributed by atoms with Gasteiger partial charge in [0.25, 0.3) is 0 Å². The molecule has 1 heterocycles. The summed E-state index contributed by atoms with van der Waals surface area (Å²) in [6.07, 6.45) is 0.113. The zero-order valence-corrected chi connectivity index (χ0v) is 18.8. The molecule has 9 heteroatoms. The van der Waals surface area contributed by atoms with Crippen LogP contribution in [0.15, 0.2) is 52.2 Å². The van der Waals surface area contributed by atoms with Crippen molar-refractivity contribution < 1.29 is 14.3 Å². The highest BCUT2D eigenvalue weighted by atomic mass is 35.5. The molecule has 0 aliphatic carbocycles. The Labute approximate surface area is 188 Å². The number of anilines is 2. The van der Waals surface area contributed by atoms with Crippen LogP contribution < -0.4 is 15.4 Å². The molecule has 3 aromatic rings. The number of methoxy groups -OCH3 is 1. The first kappa shape index (κ1) is 22.1. The molecular weight excluding hydrogens is 442 g/mol. The summed E-state index contributed by atoms with van der Waals surface area (Å²) in [5.41, 5.74) is 3.04. The number of halogens is 1. The molecule has 0 radical (unpaired) electrons. The summed E-state index contributed by atoms with van der Waals surface area (Å²) in [4.78, 5) is 28.9. The van der Waals surface area contributed by atoms with Gasteiger partial charge in [-0.15, -0.1) is 11.3 Å². The van der Waals surface area contributed by atoms with E-state index in [2.05, 4.69) is 15.6 Å². The van der Waals surface area contributed by atoms with Crippen molar-refractivity contribution >= 4 is 57.9 Å². The molecule has 156 valence electrons. The average Bonchev–Trinajstić information content (AvgIpc) is 3.15. The predicted molar refractivity (Wildman–Crippen MR) is 123 cm³/mol. The minimum atomic E-state index is -0.227. The number of aromatic nitrogens is 1. The number of aryl methyl sites for hydroxylation is 1. The fraction of sp³-hybridized carbons (Fsp3) is 0.190. The molecule has 30 heavy (non-hydrogen) atoms. The molecule has 0 atom stereocenters. The van der Waals surface area contributed by atoms with Crippen molar-refractivity contribution in [2.75, 3.05) is 23.5 Å². The Morgan fingerprint density at radius 3 is 2.63 bits per heavy atom. The quantitative estimate of drug-likeness (QED) is 0.460. The largest absolute Gasteiger partial charge is 0.495 e. The van der Waals surface area contributed by atoms with Gasteiger partial charge in [0.05, 0.1) is 30.7 Å². The summed E-state index contributed by atoms with van der Waals surface area (Å²) >= 11 is 8.73. The Balaban J connectivity index is 1.50. The first-order valence-corrected chi connectivity index (χ1v) is 11.2. The molecule has 3 rings (SSSR count). The standard InChI is InChI=1S/C21H20ClN3O3S2/c1-13-3-6-15(7-4-13)23-20(27)12-30-21-24-16(11-29-21)10-19(26)25-17-9-14(22)5-8-18(17)28-2/h3-9,11H,10,12H2,1-2H3,(H,23,27)(H,25,26). The van der Waals surface area contributed by atoms with Crippen molar-refractivity contribution in [3.05, 3.63) is 64.1 Å². The summed E-state index contributed by atoms with van der Waals surface area (Å²) in [5.74, 6) is 0.440. The number of carbonyl (C=O) groups is 2. The summed E-state index contributed by atoms with van der Waals surface area (Å²) in [6, 6.07) is 12.6. The second kappa shape index (κ2) is 10.5. The number of nitrogens with zero attached hydrogens (tertiary/aromatic N) is 1. The number of nitrogens with one attached hydrogen (secondary N) is 2. The highest BCUT2D eigenvalue weighted by molar-refractivity contribution is 8.01. The maximum atomic E-state index is 12.3. The average molecular weight is 462 g/mol. The van der Waals surface area contributed by atoms with Crippen LogP contribution >= 0.6 is 34.7 Å². The van der Waals surface area contributed by atoms with Gasteiger partial charge < -0.3 is 15.4 Å². The van der Waals surface area contributed by atoms with Gasteiger partial charge in [0.1, 0.15) is 5.75 Å². The SMILES string of the molecule is COc1ccc(Cl)cc1NC(=O)Cc1csc(SCC(=O)Nc2ccc(C)cc2)n1. The molecule has 2 amide bonds. The second-order valence-electron chi connectivity index (χ2n) is 6.38. The molecule has 0 aliphatic rings. The van der Waals surface area contributed by atoms with Crippen LogP contribution in [-0.4, -0.2) is 29.7 Å². The van der Waals surface area contributed by atoms with Gasteiger partial charge in [-0.25, -0.2) is 4.98 Å². The highest BCUT2D eigenvalue weighted by Crippen LogP contribution is 2.28. The number of thiazole rings is 1. The van der Waals surface area contributed by atoms with Gasteiger partial charge >= 0.3 is 0 Å². The topological polar surface area (TPSA) is 80.3 Å². The van der Waals surface area contributed by atoms with Crippen molar-refractivity contribution in [2.45, 2.75) is 17.7 Å². The fourth-order valence-electron chi connectivity index (χ4n) is 2.53. The number of hydrogen-bond acceptors (Lipinski definition) is 6. The van der Waals surface area contributed by atoms with E-state index in [1.807, 2.05) is 36.6 Å². The first-order chi connectivity index (χ1) is 14.4. The lowest BCUT2D eigenvalue weighted by Gasteiger charge is -2.10. The summed E-state index contributed by atoms with van der Waals surface area (Å²) in [5, 5.41) is 7.95. The third kappa shape index (κ3) is 6.48. The number of carbonyl (C=O) groups excluding carboxylic acids is 2. The van der Waals surface area contributed by atoms with E-state index in [0.717, 1.165) is 15.6 Å². The molecule has 6 nitrogen and oxygen atoms in total. The summed E-state index contributed by atoms with van der Waals surface area (Å²) in [6.45, 7) is 1.99. The predicted octanol–water partition coefficient (Wildman–Crippen LogP) is 5.03. The van der Waals surface area contributed by atoms with Crippen LogP contribution in [-0.2, 0) is 16.0 Å². The minimum Gasteiger partial charge on any atom is -0.495 e. The van der Waals surface area contributed by atoms with E-state index in [9.17, 15) is 9.59 Å². The van der Waals surface area contributed by atoms with Gasteiger partial charge in [-0.2, -0.15) is 0 Å². The Hall–Kier alpha value is -2.55. The van der Waals surface area contributed by atoms with Gasteiger partial charge in [-0.05, 0) is 37.3 Å². The molecule has 0 aliphatic heterocycles. The molecule has 0 bridgehead atoms. The van der Waals surface area contributed by atoms with Gasteiger partial charge in [-0.3, -0.25) is 9.59 Å². The monoisotopic (exact) mass is 461 g/mol. The van der Waals surface area contributed by atoms with E-state index < -0.39 is 0 Å². The van der Waals surface area contributed by atoms with E-state index in [-0.39, 0.29) is 24.0 Å². The molecule has 0 spiro atoms. The number of amides is 2. The molecule has 0 saturated carbocycles. The first-order valence-electron chi connectivity index (χ1n) is 9.00.